The number of hydrogen-bond acceptors (Lipinski definition) is 18. The Morgan fingerprint density at radius 1 is 0.400 bits per heavy atom. The molecule has 0 aromatic carbocycles. The molecule has 0 radical (unpaired) electrons. The maximum Gasteiger partial charge on any atom is 0.329 e. The zero-order chi connectivity index (χ0) is 72.6. The van der Waals surface area contributed by atoms with Crippen molar-refractivity contribution in [3.63, 3.8) is 0 Å². The van der Waals surface area contributed by atoms with Crippen molar-refractivity contribution in [2.24, 2.45) is 35.5 Å². The number of unbranched alkanes of at least 4 members (excludes halogenated alkanes) is 4. The number of carbonyl (C=O) groups excluding carboxylic acids is 12. The van der Waals surface area contributed by atoms with E-state index in [0.29, 0.717) is 12.8 Å². The predicted octanol–water partition coefficient (Wildman–Crippen LogP) is -0.413. The lowest BCUT2D eigenvalue weighted by Gasteiger charge is -2.31. The monoisotopic (exact) mass is 1350 g/mol. The number of aliphatic carboxylic acids is 2. The quantitative estimate of drug-likeness (QED) is 0.0408. The second-order valence-electron chi connectivity index (χ2n) is 26.6. The van der Waals surface area contributed by atoms with Crippen LogP contribution in [0.5, 0.6) is 0 Å². The maximum atomic E-state index is 14.4. The van der Waals surface area contributed by atoms with Crippen LogP contribution in [0.3, 0.4) is 0 Å². The minimum Gasteiger partial charge on any atom is -0.481 e. The van der Waals surface area contributed by atoms with Crippen molar-refractivity contribution < 1.29 is 97.4 Å². The van der Waals surface area contributed by atoms with E-state index in [1.807, 2.05) is 6.92 Å². The van der Waals surface area contributed by atoms with Gasteiger partial charge in [0.1, 0.15) is 72.6 Å². The summed E-state index contributed by atoms with van der Waals surface area (Å²) in [6.45, 7) is 21.1. The maximum absolute atomic E-state index is 14.4. The third-order valence-corrected chi connectivity index (χ3v) is 16.0. The van der Waals surface area contributed by atoms with E-state index < -0.39 is 206 Å². The number of cyclic esters (lactones) is 1. The molecule has 1 rings (SSSR count). The Morgan fingerprint density at radius 3 is 1.09 bits per heavy atom. The minimum absolute atomic E-state index is 0.0322. The Balaban J connectivity index is 4.25. The number of carboxylic acid groups (broad SMARTS) is 2. The number of ether oxygens (including phenoxy) is 1. The number of aliphatic hydroxyl groups excluding tert-OH is 3. The van der Waals surface area contributed by atoms with Gasteiger partial charge >= 0.3 is 17.9 Å². The van der Waals surface area contributed by atoms with Gasteiger partial charge in [0, 0.05) is 0 Å². The van der Waals surface area contributed by atoms with Gasteiger partial charge in [0.05, 0.1) is 38.6 Å². The first kappa shape index (κ1) is 85.5. The molecular weight excluding hydrogens is 1240 g/mol. The third-order valence-electron chi connectivity index (χ3n) is 16.0. The largest absolute Gasteiger partial charge is 0.481 e. The molecule has 0 saturated carbocycles. The summed E-state index contributed by atoms with van der Waals surface area (Å²) in [5.74, 6) is -18.7. The van der Waals surface area contributed by atoms with Crippen molar-refractivity contribution in [2.45, 2.75) is 272 Å². The summed E-state index contributed by atoms with van der Waals surface area (Å²) >= 11 is 0. The second kappa shape index (κ2) is 43.5. The van der Waals surface area contributed by atoms with Gasteiger partial charge in [-0.15, -0.1) is 0 Å². The van der Waals surface area contributed by atoms with E-state index in [9.17, 15) is 92.7 Å². The summed E-state index contributed by atoms with van der Waals surface area (Å²) in [7, 11) is 0. The molecule has 542 valence electrons. The molecule has 6 unspecified atom stereocenters. The van der Waals surface area contributed by atoms with Gasteiger partial charge < -0.3 is 88.8 Å². The molecule has 1 aliphatic rings. The van der Waals surface area contributed by atoms with Crippen molar-refractivity contribution in [1.29, 1.82) is 0 Å². The van der Waals surface area contributed by atoms with E-state index in [2.05, 4.69) is 58.5 Å². The molecule has 1 fully saturated rings. The minimum atomic E-state index is -1.97. The summed E-state index contributed by atoms with van der Waals surface area (Å²) in [6.07, 6.45) is -2.22. The number of hydrogen-bond donors (Lipinski definition) is 16. The van der Waals surface area contributed by atoms with Crippen LogP contribution in [-0.4, -0.2) is 200 Å². The smallest absolute Gasteiger partial charge is 0.329 e. The Kier molecular flexibility index (Phi) is 39.2. The number of aliphatic hydroxyl groups is 3. The van der Waals surface area contributed by atoms with Gasteiger partial charge in [-0.05, 0) is 81.0 Å². The van der Waals surface area contributed by atoms with Crippen molar-refractivity contribution in [3.05, 3.63) is 0 Å². The van der Waals surface area contributed by atoms with Gasteiger partial charge in [0.25, 0.3) is 0 Å². The van der Waals surface area contributed by atoms with Crippen LogP contribution < -0.4 is 58.5 Å². The highest BCUT2D eigenvalue weighted by molar-refractivity contribution is 6.00. The first-order valence-electron chi connectivity index (χ1n) is 33.3. The number of nitrogens with one attached hydrogen (secondary N) is 11. The first-order valence-corrected chi connectivity index (χ1v) is 33.3. The lowest BCUT2D eigenvalue weighted by Crippen LogP contribution is -2.62. The van der Waals surface area contributed by atoms with E-state index in [4.69, 9.17) is 4.74 Å². The Morgan fingerprint density at radius 2 is 0.705 bits per heavy atom. The fourth-order valence-corrected chi connectivity index (χ4v) is 10.3. The van der Waals surface area contributed by atoms with Crippen LogP contribution in [0.4, 0.5) is 0 Å². The molecule has 11 amide bonds. The van der Waals surface area contributed by atoms with Crippen molar-refractivity contribution in [1.82, 2.24) is 58.5 Å². The Labute approximate surface area is 557 Å². The molecular formula is C64H111N11O20. The van der Waals surface area contributed by atoms with Crippen LogP contribution in [0.15, 0.2) is 0 Å². The van der Waals surface area contributed by atoms with Crippen LogP contribution in [0.2, 0.25) is 0 Å². The Hall–Kier alpha value is -7.54. The van der Waals surface area contributed by atoms with E-state index in [1.165, 1.54) is 0 Å². The molecule has 31 nitrogen and oxygen atoms in total. The highest BCUT2D eigenvalue weighted by Gasteiger charge is 2.40. The van der Waals surface area contributed by atoms with Gasteiger partial charge in [-0.25, -0.2) is 4.79 Å². The topological polar surface area (TPSA) is 482 Å². The van der Waals surface area contributed by atoms with Gasteiger partial charge in [0.15, 0.2) is 0 Å². The van der Waals surface area contributed by atoms with Crippen molar-refractivity contribution in [2.75, 3.05) is 13.2 Å². The van der Waals surface area contributed by atoms with Gasteiger partial charge in [-0.2, -0.15) is 0 Å². The fraction of sp³-hybridized carbons (Fsp3) is 0.781. The second-order valence-corrected chi connectivity index (χ2v) is 26.6. The summed E-state index contributed by atoms with van der Waals surface area (Å²) in [5.41, 5.74) is 0. The van der Waals surface area contributed by atoms with Gasteiger partial charge in [0.2, 0.25) is 65.0 Å². The molecule has 0 spiro atoms. The SMILES string of the molecule is CCCCCCCC1CC(=O)N[C@H](CC(C)C)C(=O)NC(CC(=O)O)C(=O)N[C@H]([C@H](C)O)C(=O)NC(CC(C)C)C(=O)N[C@H](CC(C)C)C(=O)NC(CO)C(=O)N[C@@H](CC(C)C)C(=O)NC(CO)C(=O)N[C@@H]([C@@H](C)CC)C(=O)N[C@@H]([C@@H](C)CC)C(=O)NC(CC(=O)O)C(=O)O1. The lowest BCUT2D eigenvalue weighted by atomic mass is 9.94. The van der Waals surface area contributed by atoms with Crippen LogP contribution >= 0.6 is 0 Å². The van der Waals surface area contributed by atoms with Crippen LogP contribution in [0.1, 0.15) is 193 Å². The molecule has 0 aromatic rings. The number of esters is 1. The zero-order valence-corrected chi connectivity index (χ0v) is 57.9. The summed E-state index contributed by atoms with van der Waals surface area (Å²) < 4.78 is 5.82. The zero-order valence-electron chi connectivity index (χ0n) is 57.9. The van der Waals surface area contributed by atoms with E-state index >= 15 is 0 Å². The number of amides is 11. The normalized spacial score (nSPS) is 26.6. The average Bonchev–Trinajstić information content (AvgIpc) is 0.886. The fourth-order valence-electron chi connectivity index (χ4n) is 10.3. The number of carboxylic acids is 2. The van der Waals surface area contributed by atoms with E-state index in [1.54, 1.807) is 83.1 Å². The highest BCUT2D eigenvalue weighted by atomic mass is 16.5. The molecule has 95 heavy (non-hydrogen) atoms. The summed E-state index contributed by atoms with van der Waals surface area (Å²) in [6, 6.07) is -18.3. The summed E-state index contributed by atoms with van der Waals surface area (Å²) in [4.78, 5) is 195. The molecule has 31 heteroatoms. The average molecular weight is 1350 g/mol. The molecule has 15 atom stereocenters. The standard InChI is InChI=1S/C64H111N11O20/c1-15-18-19-20-21-22-39-27-48(79)65-40(23-32(4)5)54(84)68-44(28-49(80)81)58(88)75-53(38(14)78)63(93)69-43(26-35(10)11)55(85)66-41(24-33(6)7)56(86)71-46(30-76)59(89)67-42(25-34(8)9)57(87)72-47(31-77)60(90)73-52(37(13)17-3)62(92)74-51(36(12)16-2)61(91)70-45(29-50(82)83)64(94)95-39/h32-47,51-53,76-78H,15-31H2,1-14H3,(H,65,79)(H,66,85)(H,67,89)(H,68,84)(H,69,93)(H,70,91)(H,71,86)(H,72,87)(H,73,90)(H,74,92)(H,75,88)(H,80,81)(H,82,83)/t36-,37-,38-,39?,40+,41+,42-,43?,44?,45?,46?,47?,51-,52-,53+/m0/s1. The molecule has 0 aliphatic carbocycles. The molecule has 1 heterocycles. The molecule has 0 aromatic heterocycles. The van der Waals surface area contributed by atoms with E-state index in [-0.39, 0.29) is 68.6 Å². The van der Waals surface area contributed by atoms with Gasteiger partial charge in [-0.3, -0.25) is 62.3 Å². The highest BCUT2D eigenvalue weighted by Crippen LogP contribution is 2.19. The molecule has 1 saturated heterocycles. The molecule has 0 bridgehead atoms. The van der Waals surface area contributed by atoms with Gasteiger partial charge in [-0.1, -0.05) is 129 Å². The third kappa shape index (κ3) is 31.7. The van der Waals surface area contributed by atoms with Crippen LogP contribution in [0.25, 0.3) is 0 Å². The van der Waals surface area contributed by atoms with Crippen molar-refractivity contribution in [3.8, 4) is 0 Å². The van der Waals surface area contributed by atoms with Crippen LogP contribution in [0, 0.1) is 35.5 Å². The lowest BCUT2D eigenvalue weighted by molar-refractivity contribution is -0.158. The van der Waals surface area contributed by atoms with Crippen LogP contribution in [-0.2, 0) is 71.9 Å². The first-order chi connectivity index (χ1) is 44.4. The summed E-state index contributed by atoms with van der Waals surface area (Å²) in [5, 5.41) is 78.9. The molecule has 1 aliphatic heterocycles. The van der Waals surface area contributed by atoms with Crippen molar-refractivity contribution >= 4 is 82.9 Å². The number of carbonyl (C=O) groups is 14. The van der Waals surface area contributed by atoms with E-state index in [0.717, 1.165) is 26.2 Å². The molecule has 16 N–H and O–H groups in total. The Bertz CT molecular complexity index is 2570. The predicted molar refractivity (Wildman–Crippen MR) is 346 cm³/mol. The number of rotatable bonds is 25.